The van der Waals surface area contributed by atoms with Crippen LogP contribution in [0, 0.1) is 0 Å². The molecule has 1 heterocycles. The van der Waals surface area contributed by atoms with Crippen LogP contribution in [0.25, 0.3) is 5.69 Å². The molecule has 0 fully saturated rings. The van der Waals surface area contributed by atoms with Crippen molar-refractivity contribution < 1.29 is 13.2 Å². The van der Waals surface area contributed by atoms with Crippen molar-refractivity contribution in [3.8, 4) is 11.4 Å². The summed E-state index contributed by atoms with van der Waals surface area (Å²) < 4.78 is 30.4. The summed E-state index contributed by atoms with van der Waals surface area (Å²) in [6.45, 7) is 2.47. The van der Waals surface area contributed by atoms with Gasteiger partial charge in [0, 0.05) is 13.3 Å². The van der Waals surface area contributed by atoms with Gasteiger partial charge in [0.15, 0.2) is 20.6 Å². The Kier molecular flexibility index (Phi) is 4.08. The van der Waals surface area contributed by atoms with Crippen molar-refractivity contribution in [1.82, 2.24) is 9.78 Å². The summed E-state index contributed by atoms with van der Waals surface area (Å²) in [6, 6.07) is 7.08. The van der Waals surface area contributed by atoms with E-state index in [2.05, 4.69) is 10.4 Å². The van der Waals surface area contributed by atoms with Gasteiger partial charge in [0.25, 0.3) is 0 Å². The summed E-state index contributed by atoms with van der Waals surface area (Å²) in [4.78, 5) is -0.00103. The molecule has 0 aliphatic heterocycles. The average Bonchev–Trinajstić information content (AvgIpc) is 2.77. The molecule has 3 N–H and O–H groups in total. The molecule has 0 radical (unpaired) electrons. The fourth-order valence-electron chi connectivity index (χ4n) is 1.99. The summed E-state index contributed by atoms with van der Waals surface area (Å²) in [7, 11) is -1.88. The third-order valence-electron chi connectivity index (χ3n) is 2.88. The summed E-state index contributed by atoms with van der Waals surface area (Å²) >= 11 is 0. The Bertz CT molecular complexity index is 736. The molecule has 0 spiro atoms. The number of rotatable bonds is 5. The van der Waals surface area contributed by atoms with E-state index in [-0.39, 0.29) is 16.5 Å². The Labute approximate surface area is 123 Å². The molecule has 1 aromatic carbocycles. The van der Waals surface area contributed by atoms with E-state index in [0.717, 1.165) is 12.0 Å². The van der Waals surface area contributed by atoms with Gasteiger partial charge < -0.3 is 15.8 Å². The van der Waals surface area contributed by atoms with Gasteiger partial charge >= 0.3 is 0 Å². The lowest BCUT2D eigenvalue weighted by atomic mass is 10.3. The van der Waals surface area contributed by atoms with Gasteiger partial charge in [-0.15, -0.1) is 5.10 Å². The summed E-state index contributed by atoms with van der Waals surface area (Å²) in [6.07, 6.45) is 1.10. The lowest BCUT2D eigenvalue weighted by Gasteiger charge is -2.06. The summed E-state index contributed by atoms with van der Waals surface area (Å²) in [5, 5.41) is 6.95. The smallest absolute Gasteiger partial charge is 0.182 e. The second-order valence-electron chi connectivity index (χ2n) is 4.42. The lowest BCUT2D eigenvalue weighted by molar-refractivity contribution is 0.340. The van der Waals surface area contributed by atoms with Crippen LogP contribution in [0.1, 0.15) is 6.92 Å². The minimum atomic E-state index is -3.48. The molecule has 0 atom stereocenters. The number of sulfone groups is 1. The normalized spacial score (nSPS) is 11.4. The molecule has 8 heteroatoms. The fourth-order valence-corrected chi connectivity index (χ4v) is 2.95. The fraction of sp³-hybridized carbons (Fsp3) is 0.308. The van der Waals surface area contributed by atoms with Gasteiger partial charge in [0.2, 0.25) is 0 Å². The van der Waals surface area contributed by atoms with Gasteiger partial charge in [0.1, 0.15) is 11.6 Å². The zero-order chi connectivity index (χ0) is 15.6. The SMILES string of the molecule is CCOc1ccc(-n2nc(NC)c(S(C)(=O)=O)c2N)cc1. The molecule has 2 aromatic rings. The first-order chi connectivity index (χ1) is 9.88. The lowest BCUT2D eigenvalue weighted by Crippen LogP contribution is -2.06. The monoisotopic (exact) mass is 310 g/mol. The maximum Gasteiger partial charge on any atom is 0.182 e. The molecule has 0 aliphatic carbocycles. The number of anilines is 2. The standard InChI is InChI=1S/C13H18N4O3S/c1-4-20-10-7-5-9(6-8-10)17-12(14)11(21(3,18)19)13(15-2)16-17/h5-8H,4,14H2,1-3H3,(H,15,16). The van der Waals surface area contributed by atoms with Crippen LogP contribution in [0.3, 0.4) is 0 Å². The molecule has 1 aromatic heterocycles. The molecule has 0 aliphatic rings. The number of hydrogen-bond acceptors (Lipinski definition) is 6. The quantitative estimate of drug-likeness (QED) is 0.863. The van der Waals surface area contributed by atoms with Crippen LogP contribution in [0.2, 0.25) is 0 Å². The van der Waals surface area contributed by atoms with E-state index in [9.17, 15) is 8.42 Å². The molecule has 114 valence electrons. The van der Waals surface area contributed by atoms with Crippen LogP contribution in [0.5, 0.6) is 5.75 Å². The number of aromatic nitrogens is 2. The number of hydrogen-bond donors (Lipinski definition) is 2. The van der Waals surface area contributed by atoms with Crippen molar-refractivity contribution in [2.24, 2.45) is 0 Å². The van der Waals surface area contributed by atoms with Crippen LogP contribution in [0.4, 0.5) is 11.6 Å². The Balaban J connectivity index is 2.52. The van der Waals surface area contributed by atoms with E-state index in [4.69, 9.17) is 10.5 Å². The van der Waals surface area contributed by atoms with Crippen molar-refractivity contribution >= 4 is 21.5 Å². The first-order valence-corrected chi connectivity index (χ1v) is 8.27. The van der Waals surface area contributed by atoms with E-state index >= 15 is 0 Å². The maximum atomic E-state index is 11.8. The van der Waals surface area contributed by atoms with Crippen molar-refractivity contribution in [2.75, 3.05) is 31.0 Å². The first kappa shape index (κ1) is 15.2. The summed E-state index contributed by atoms with van der Waals surface area (Å²) in [5.74, 6) is 1.03. The predicted molar refractivity (Wildman–Crippen MR) is 81.8 cm³/mol. The topological polar surface area (TPSA) is 99.2 Å². The molecule has 0 unspecified atom stereocenters. The highest BCUT2D eigenvalue weighted by atomic mass is 32.2. The number of nitrogens with zero attached hydrogens (tertiary/aromatic N) is 2. The van der Waals surface area contributed by atoms with Crippen LogP contribution in [-0.4, -0.2) is 38.1 Å². The van der Waals surface area contributed by atoms with Gasteiger partial charge in [-0.05, 0) is 31.2 Å². The third kappa shape index (κ3) is 2.94. The van der Waals surface area contributed by atoms with Crippen LogP contribution in [-0.2, 0) is 9.84 Å². The Morgan fingerprint density at radius 3 is 2.38 bits per heavy atom. The molecule has 2 rings (SSSR count). The van der Waals surface area contributed by atoms with E-state index in [0.29, 0.717) is 12.3 Å². The van der Waals surface area contributed by atoms with Gasteiger partial charge in [0.05, 0.1) is 12.3 Å². The molecule has 21 heavy (non-hydrogen) atoms. The largest absolute Gasteiger partial charge is 0.494 e. The number of nitrogen functional groups attached to an aromatic ring is 1. The van der Waals surface area contributed by atoms with Crippen molar-refractivity contribution in [3.05, 3.63) is 24.3 Å². The van der Waals surface area contributed by atoms with Crippen molar-refractivity contribution in [1.29, 1.82) is 0 Å². The van der Waals surface area contributed by atoms with Gasteiger partial charge in [-0.3, -0.25) is 0 Å². The Morgan fingerprint density at radius 1 is 1.33 bits per heavy atom. The zero-order valence-corrected chi connectivity index (χ0v) is 12.9. The van der Waals surface area contributed by atoms with Gasteiger partial charge in [-0.25, -0.2) is 13.1 Å². The molecular weight excluding hydrogens is 292 g/mol. The average molecular weight is 310 g/mol. The number of nitrogens with one attached hydrogen (secondary N) is 1. The van der Waals surface area contributed by atoms with Crippen molar-refractivity contribution in [3.63, 3.8) is 0 Å². The Hall–Kier alpha value is -2.22. The van der Waals surface area contributed by atoms with E-state index in [1.54, 1.807) is 31.3 Å². The van der Waals surface area contributed by atoms with E-state index in [1.807, 2.05) is 6.92 Å². The molecule has 0 saturated carbocycles. The number of nitrogens with two attached hydrogens (primary N) is 1. The zero-order valence-electron chi connectivity index (χ0n) is 12.1. The number of ether oxygens (including phenoxy) is 1. The summed E-state index contributed by atoms with van der Waals surface area (Å²) in [5.41, 5.74) is 6.60. The molecule has 0 bridgehead atoms. The van der Waals surface area contributed by atoms with Crippen LogP contribution < -0.4 is 15.8 Å². The first-order valence-electron chi connectivity index (χ1n) is 6.38. The molecule has 0 saturated heterocycles. The molecular formula is C13H18N4O3S. The molecule has 7 nitrogen and oxygen atoms in total. The second kappa shape index (κ2) is 5.65. The third-order valence-corrected chi connectivity index (χ3v) is 4.02. The van der Waals surface area contributed by atoms with Gasteiger partial charge in [-0.2, -0.15) is 0 Å². The number of benzene rings is 1. The Morgan fingerprint density at radius 2 is 1.95 bits per heavy atom. The van der Waals surface area contributed by atoms with E-state index in [1.165, 1.54) is 4.68 Å². The minimum Gasteiger partial charge on any atom is -0.494 e. The van der Waals surface area contributed by atoms with Crippen LogP contribution in [0.15, 0.2) is 29.2 Å². The highest BCUT2D eigenvalue weighted by Gasteiger charge is 2.24. The highest BCUT2D eigenvalue weighted by molar-refractivity contribution is 7.91. The van der Waals surface area contributed by atoms with Crippen LogP contribution >= 0.6 is 0 Å². The maximum absolute atomic E-state index is 11.8. The molecule has 0 amide bonds. The highest BCUT2D eigenvalue weighted by Crippen LogP contribution is 2.29. The van der Waals surface area contributed by atoms with Crippen molar-refractivity contribution in [2.45, 2.75) is 11.8 Å². The second-order valence-corrected chi connectivity index (χ2v) is 6.38. The predicted octanol–water partition coefficient (Wildman–Crippen LogP) is 1.30. The minimum absolute atomic E-state index is 0.00103. The van der Waals surface area contributed by atoms with E-state index < -0.39 is 9.84 Å². The van der Waals surface area contributed by atoms with Gasteiger partial charge in [-0.1, -0.05) is 0 Å².